The number of hydrogen-bond donors (Lipinski definition) is 1. The average molecular weight is 113 g/mol. The highest BCUT2D eigenvalue weighted by molar-refractivity contribution is 5.88. The summed E-state index contributed by atoms with van der Waals surface area (Å²) in [6, 6.07) is 0. The van der Waals surface area contributed by atoms with Crippen LogP contribution in [0.5, 0.6) is 0 Å². The topological polar surface area (TPSA) is 63.0 Å². The van der Waals surface area contributed by atoms with Gasteiger partial charge in [0.05, 0.1) is 6.54 Å². The number of aliphatic imine (C=N–C) groups is 1. The Balaban J connectivity index is 2.57. The molecule has 5 nitrogen and oxygen atoms in total. The molecule has 1 aliphatic heterocycles. The van der Waals surface area contributed by atoms with Crippen LogP contribution < -0.4 is 5.48 Å². The first-order chi connectivity index (χ1) is 3.93. The third-order valence-corrected chi connectivity index (χ3v) is 0.621. The van der Waals surface area contributed by atoms with Crippen LogP contribution >= 0.6 is 0 Å². The lowest BCUT2D eigenvalue weighted by atomic mass is 10.6. The number of nitrogens with zero attached hydrogens (tertiary/aromatic N) is 2. The van der Waals surface area contributed by atoms with Crippen LogP contribution in [-0.4, -0.2) is 18.5 Å². The maximum atomic E-state index is 9.51. The number of carbonyl (C=O) groups excluding carboxylic acids is 1. The predicted octanol–water partition coefficient (Wildman–Crippen LogP) is -0.830. The maximum Gasteiger partial charge on any atom is 0.241 e. The van der Waals surface area contributed by atoms with Crippen LogP contribution in [0.2, 0.25) is 0 Å². The van der Waals surface area contributed by atoms with Gasteiger partial charge in [-0.25, -0.2) is 4.79 Å². The zero-order valence-corrected chi connectivity index (χ0v) is 3.92. The summed E-state index contributed by atoms with van der Waals surface area (Å²) in [6.07, 6.45) is 1.33. The Morgan fingerprint density at radius 1 is 2.00 bits per heavy atom. The highest BCUT2D eigenvalue weighted by Gasteiger charge is 2.03. The Morgan fingerprint density at radius 3 is 3.38 bits per heavy atom. The van der Waals surface area contributed by atoms with Crippen molar-refractivity contribution in [2.24, 2.45) is 10.1 Å². The van der Waals surface area contributed by atoms with Crippen molar-refractivity contribution in [3.05, 3.63) is 0 Å². The van der Waals surface area contributed by atoms with Crippen molar-refractivity contribution in [1.82, 2.24) is 5.48 Å². The van der Waals surface area contributed by atoms with Gasteiger partial charge in [0, 0.05) is 0 Å². The van der Waals surface area contributed by atoms with Gasteiger partial charge >= 0.3 is 0 Å². The van der Waals surface area contributed by atoms with Gasteiger partial charge in [0.25, 0.3) is 0 Å². The van der Waals surface area contributed by atoms with Gasteiger partial charge in [-0.05, 0) is 5.16 Å². The smallest absolute Gasteiger partial charge is 0.241 e. The van der Waals surface area contributed by atoms with Crippen LogP contribution in [0.1, 0.15) is 0 Å². The molecule has 0 unspecified atom stereocenters. The lowest BCUT2D eigenvalue weighted by Gasteiger charge is -1.78. The molecule has 0 aromatic heterocycles. The van der Waals surface area contributed by atoms with Gasteiger partial charge in [0.2, 0.25) is 6.08 Å². The highest BCUT2D eigenvalue weighted by Crippen LogP contribution is 1.86. The number of isocyanates is 1. The van der Waals surface area contributed by atoms with Crippen molar-refractivity contribution in [3.8, 4) is 0 Å². The molecule has 0 spiro atoms. The van der Waals surface area contributed by atoms with E-state index >= 15 is 0 Å². The van der Waals surface area contributed by atoms with Gasteiger partial charge < -0.3 is 0 Å². The maximum absolute atomic E-state index is 9.51. The number of oxime groups is 1. The molecule has 0 bridgehead atoms. The van der Waals surface area contributed by atoms with Crippen LogP contribution in [0.3, 0.4) is 0 Å². The van der Waals surface area contributed by atoms with E-state index in [1.165, 1.54) is 6.08 Å². The fraction of sp³-hybridized carbons (Fsp3) is 0.333. The van der Waals surface area contributed by atoms with E-state index in [1.807, 2.05) is 0 Å². The van der Waals surface area contributed by atoms with Gasteiger partial charge in [-0.15, -0.1) is 10.5 Å². The normalized spacial score (nSPS) is 16.2. The van der Waals surface area contributed by atoms with Gasteiger partial charge in [-0.1, -0.05) is 0 Å². The van der Waals surface area contributed by atoms with Gasteiger partial charge in [0.15, 0.2) is 5.84 Å². The molecule has 0 atom stereocenters. The Kier molecular flexibility index (Phi) is 1.37. The third-order valence-electron chi connectivity index (χ3n) is 0.621. The van der Waals surface area contributed by atoms with Crippen LogP contribution in [-0.2, 0) is 9.73 Å². The van der Waals surface area contributed by atoms with E-state index in [0.717, 1.165) is 0 Å². The SMILES string of the molecule is O=C=NC1=NONC1. The minimum absolute atomic E-state index is 0.319. The molecule has 1 rings (SSSR count). The predicted molar refractivity (Wildman–Crippen MR) is 24.6 cm³/mol. The largest absolute Gasteiger partial charge is 0.297 e. The molecule has 0 fully saturated rings. The second kappa shape index (κ2) is 2.20. The molecule has 1 heterocycles. The summed E-state index contributed by atoms with van der Waals surface area (Å²) in [5.74, 6) is 0.319. The molecule has 1 N–H and O–H groups in total. The van der Waals surface area contributed by atoms with Crippen molar-refractivity contribution in [2.75, 3.05) is 6.54 Å². The van der Waals surface area contributed by atoms with Gasteiger partial charge in [-0.2, -0.15) is 0 Å². The molecular formula is C3H3N3O2. The zero-order valence-electron chi connectivity index (χ0n) is 3.92. The lowest BCUT2D eigenvalue weighted by molar-refractivity contribution is 0.0776. The summed E-state index contributed by atoms with van der Waals surface area (Å²) >= 11 is 0. The van der Waals surface area contributed by atoms with Gasteiger partial charge in [-0.3, -0.25) is 4.94 Å². The first-order valence-corrected chi connectivity index (χ1v) is 1.97. The first-order valence-electron chi connectivity index (χ1n) is 1.97. The molecule has 5 heteroatoms. The monoisotopic (exact) mass is 113 g/mol. The van der Waals surface area contributed by atoms with E-state index in [2.05, 4.69) is 20.6 Å². The van der Waals surface area contributed by atoms with Crippen LogP contribution in [0.4, 0.5) is 0 Å². The van der Waals surface area contributed by atoms with Crippen LogP contribution in [0.25, 0.3) is 0 Å². The molecule has 0 aromatic rings. The highest BCUT2D eigenvalue weighted by atomic mass is 16.8. The molecule has 0 saturated heterocycles. The third kappa shape index (κ3) is 0.900. The summed E-state index contributed by atoms with van der Waals surface area (Å²) in [4.78, 5) is 17.0. The number of rotatable bonds is 0. The Bertz CT molecular complexity index is 158. The summed E-state index contributed by atoms with van der Waals surface area (Å²) in [7, 11) is 0. The van der Waals surface area contributed by atoms with E-state index in [4.69, 9.17) is 0 Å². The first kappa shape index (κ1) is 4.96. The van der Waals surface area contributed by atoms with E-state index in [9.17, 15) is 4.79 Å². The van der Waals surface area contributed by atoms with Crippen molar-refractivity contribution in [3.63, 3.8) is 0 Å². The van der Waals surface area contributed by atoms with Crippen molar-refractivity contribution < 1.29 is 9.73 Å². The van der Waals surface area contributed by atoms with E-state index < -0.39 is 0 Å². The Labute approximate surface area is 45.0 Å². The summed E-state index contributed by atoms with van der Waals surface area (Å²) in [6.45, 7) is 0.370. The number of hydroxylamine groups is 1. The van der Waals surface area contributed by atoms with Crippen LogP contribution in [0, 0.1) is 0 Å². The molecule has 42 valence electrons. The molecular weight excluding hydrogens is 110 g/mol. The second-order valence-corrected chi connectivity index (χ2v) is 1.12. The van der Waals surface area contributed by atoms with Crippen molar-refractivity contribution >= 4 is 11.9 Å². The molecule has 1 aliphatic rings. The fourth-order valence-electron chi connectivity index (χ4n) is 0.327. The minimum atomic E-state index is 0.319. The van der Waals surface area contributed by atoms with E-state index in [-0.39, 0.29) is 0 Å². The molecule has 0 amide bonds. The minimum Gasteiger partial charge on any atom is -0.297 e. The molecule has 0 aliphatic carbocycles. The average Bonchev–Trinajstić information content (AvgIpc) is 2.19. The fourth-order valence-corrected chi connectivity index (χ4v) is 0.327. The molecule has 0 saturated carbocycles. The molecule has 8 heavy (non-hydrogen) atoms. The van der Waals surface area contributed by atoms with Gasteiger partial charge in [0.1, 0.15) is 0 Å². The van der Waals surface area contributed by atoms with Crippen molar-refractivity contribution in [2.45, 2.75) is 0 Å². The number of hydrogen-bond acceptors (Lipinski definition) is 5. The van der Waals surface area contributed by atoms with E-state index in [0.29, 0.717) is 12.4 Å². The zero-order chi connectivity index (χ0) is 5.82. The summed E-state index contributed by atoms with van der Waals surface area (Å²) < 4.78 is 0. The summed E-state index contributed by atoms with van der Waals surface area (Å²) in [5, 5.41) is 3.30. The van der Waals surface area contributed by atoms with Crippen molar-refractivity contribution in [1.29, 1.82) is 0 Å². The molecule has 0 aromatic carbocycles. The standard InChI is InChI=1S/C3H3N3O2/c7-2-4-3-1-5-8-6-3/h5H,1H2. The number of amidine groups is 1. The number of nitrogens with one attached hydrogen (secondary N) is 1. The second-order valence-electron chi connectivity index (χ2n) is 1.12. The molecule has 0 radical (unpaired) electrons. The Morgan fingerprint density at radius 2 is 2.88 bits per heavy atom. The van der Waals surface area contributed by atoms with E-state index in [1.54, 1.807) is 0 Å². The summed E-state index contributed by atoms with van der Waals surface area (Å²) in [5.41, 5.74) is 2.38. The van der Waals surface area contributed by atoms with Crippen LogP contribution in [0.15, 0.2) is 10.1 Å². The quantitative estimate of drug-likeness (QED) is 0.329. The Hall–Kier alpha value is -1.19. The lowest BCUT2D eigenvalue weighted by Crippen LogP contribution is -2.09.